The SMILES string of the molecule is CC[C@@H](C(=O)N[C@@H](C)COc1ccc(C)cc1)N(c1cccc(OC)c1)S(C)(=O)=O. The number of anilines is 1. The molecule has 0 bridgehead atoms. The van der Waals surface area contributed by atoms with Gasteiger partial charge in [-0.05, 0) is 44.5 Å². The number of hydrogen-bond acceptors (Lipinski definition) is 5. The number of aryl methyl sites for hydroxylation is 1. The fourth-order valence-electron chi connectivity index (χ4n) is 3.04. The molecule has 1 N–H and O–H groups in total. The van der Waals surface area contributed by atoms with E-state index in [-0.39, 0.29) is 18.6 Å². The molecule has 0 aliphatic heterocycles. The van der Waals surface area contributed by atoms with Gasteiger partial charge in [-0.3, -0.25) is 9.10 Å². The molecule has 7 nitrogen and oxygen atoms in total. The summed E-state index contributed by atoms with van der Waals surface area (Å²) < 4.78 is 37.1. The van der Waals surface area contributed by atoms with Crippen molar-refractivity contribution in [1.82, 2.24) is 5.32 Å². The highest BCUT2D eigenvalue weighted by Gasteiger charge is 2.32. The van der Waals surface area contributed by atoms with Gasteiger partial charge in [-0.2, -0.15) is 0 Å². The Morgan fingerprint density at radius 2 is 1.80 bits per heavy atom. The third kappa shape index (κ3) is 6.38. The lowest BCUT2D eigenvalue weighted by molar-refractivity contribution is -0.123. The van der Waals surface area contributed by atoms with E-state index in [1.54, 1.807) is 31.2 Å². The Kier molecular flexibility index (Phi) is 8.11. The molecule has 0 aliphatic rings. The first kappa shape index (κ1) is 23.5. The standard InChI is InChI=1S/C22H30N2O5S/c1-6-21(24(30(5,26)27)18-8-7-9-20(14-18)28-4)22(25)23-17(3)15-29-19-12-10-16(2)11-13-19/h7-14,17,21H,6,15H2,1-5H3,(H,23,25)/t17-,21-/m0/s1. The molecule has 0 aliphatic carbocycles. The van der Waals surface area contributed by atoms with Crippen LogP contribution in [0.5, 0.6) is 11.5 Å². The first-order chi connectivity index (χ1) is 14.2. The Morgan fingerprint density at radius 3 is 2.37 bits per heavy atom. The molecule has 2 atom stereocenters. The Morgan fingerprint density at radius 1 is 1.13 bits per heavy atom. The van der Waals surface area contributed by atoms with Crippen molar-refractivity contribution in [2.75, 3.05) is 24.3 Å². The summed E-state index contributed by atoms with van der Waals surface area (Å²) in [7, 11) is -2.21. The molecule has 0 fully saturated rings. The molecule has 2 rings (SSSR count). The third-order valence-corrected chi connectivity index (χ3v) is 5.73. The van der Waals surface area contributed by atoms with Crippen LogP contribution >= 0.6 is 0 Å². The van der Waals surface area contributed by atoms with E-state index in [9.17, 15) is 13.2 Å². The molecule has 0 heterocycles. The zero-order chi connectivity index (χ0) is 22.3. The molecular weight excluding hydrogens is 404 g/mol. The second-order valence-electron chi connectivity index (χ2n) is 7.22. The van der Waals surface area contributed by atoms with E-state index >= 15 is 0 Å². The van der Waals surface area contributed by atoms with Crippen molar-refractivity contribution in [1.29, 1.82) is 0 Å². The molecule has 2 aromatic rings. The van der Waals surface area contributed by atoms with Crippen molar-refractivity contribution in [2.24, 2.45) is 0 Å². The molecule has 0 saturated heterocycles. The van der Waals surface area contributed by atoms with Crippen molar-refractivity contribution >= 4 is 21.6 Å². The van der Waals surface area contributed by atoms with Gasteiger partial charge < -0.3 is 14.8 Å². The molecule has 0 saturated carbocycles. The lowest BCUT2D eigenvalue weighted by atomic mass is 10.1. The van der Waals surface area contributed by atoms with Crippen LogP contribution in [0, 0.1) is 6.92 Å². The molecule has 0 spiro atoms. The van der Waals surface area contributed by atoms with Crippen molar-refractivity contribution < 1.29 is 22.7 Å². The monoisotopic (exact) mass is 434 g/mol. The number of hydrogen-bond donors (Lipinski definition) is 1. The number of rotatable bonds is 10. The summed E-state index contributed by atoms with van der Waals surface area (Å²) in [6.45, 7) is 5.85. The second-order valence-corrected chi connectivity index (χ2v) is 9.08. The number of nitrogens with one attached hydrogen (secondary N) is 1. The van der Waals surface area contributed by atoms with Gasteiger partial charge >= 0.3 is 0 Å². The normalized spacial score (nSPS) is 13.2. The summed E-state index contributed by atoms with van der Waals surface area (Å²) in [5.41, 5.74) is 1.51. The van der Waals surface area contributed by atoms with Crippen molar-refractivity contribution in [2.45, 2.75) is 39.3 Å². The molecule has 30 heavy (non-hydrogen) atoms. The fraction of sp³-hybridized carbons (Fsp3) is 0.409. The van der Waals surface area contributed by atoms with Crippen LogP contribution in [-0.4, -0.2) is 46.4 Å². The zero-order valence-electron chi connectivity index (χ0n) is 18.1. The highest BCUT2D eigenvalue weighted by Crippen LogP contribution is 2.26. The summed E-state index contributed by atoms with van der Waals surface area (Å²) in [6.07, 6.45) is 1.40. The minimum atomic E-state index is -3.71. The van der Waals surface area contributed by atoms with E-state index in [4.69, 9.17) is 9.47 Å². The number of sulfonamides is 1. The average molecular weight is 435 g/mol. The Bertz CT molecular complexity index is 944. The maximum atomic E-state index is 13.0. The summed E-state index contributed by atoms with van der Waals surface area (Å²) >= 11 is 0. The van der Waals surface area contributed by atoms with E-state index < -0.39 is 16.1 Å². The van der Waals surface area contributed by atoms with Crippen LogP contribution in [0.15, 0.2) is 48.5 Å². The molecule has 1 amide bonds. The lowest BCUT2D eigenvalue weighted by Crippen LogP contribution is -2.52. The van der Waals surface area contributed by atoms with Crippen LogP contribution in [0.25, 0.3) is 0 Å². The quantitative estimate of drug-likeness (QED) is 0.621. The lowest BCUT2D eigenvalue weighted by Gasteiger charge is -2.31. The van der Waals surface area contributed by atoms with Crippen molar-refractivity contribution in [3.05, 3.63) is 54.1 Å². The largest absolute Gasteiger partial charge is 0.497 e. The van der Waals surface area contributed by atoms with Gasteiger partial charge in [-0.15, -0.1) is 0 Å². The van der Waals surface area contributed by atoms with Gasteiger partial charge in [0, 0.05) is 6.07 Å². The van der Waals surface area contributed by atoms with Gasteiger partial charge in [0.15, 0.2) is 0 Å². The first-order valence-corrected chi connectivity index (χ1v) is 11.6. The van der Waals surface area contributed by atoms with E-state index in [2.05, 4.69) is 5.32 Å². The van der Waals surface area contributed by atoms with Crippen LogP contribution in [0.2, 0.25) is 0 Å². The number of ether oxygens (including phenoxy) is 2. The smallest absolute Gasteiger partial charge is 0.244 e. The van der Waals surface area contributed by atoms with Crippen LogP contribution in [0.4, 0.5) is 5.69 Å². The van der Waals surface area contributed by atoms with E-state index in [1.807, 2.05) is 38.1 Å². The third-order valence-electron chi connectivity index (χ3n) is 4.55. The van der Waals surface area contributed by atoms with E-state index in [0.717, 1.165) is 16.1 Å². The van der Waals surface area contributed by atoms with Crippen LogP contribution in [-0.2, 0) is 14.8 Å². The number of carbonyl (C=O) groups is 1. The topological polar surface area (TPSA) is 84.9 Å². The predicted octanol–water partition coefficient (Wildman–Crippen LogP) is 3.13. The summed E-state index contributed by atoms with van der Waals surface area (Å²) in [5, 5.41) is 2.86. The second kappa shape index (κ2) is 10.3. The molecule has 164 valence electrons. The van der Waals surface area contributed by atoms with Crippen LogP contribution < -0.4 is 19.1 Å². The maximum absolute atomic E-state index is 13.0. The minimum Gasteiger partial charge on any atom is -0.497 e. The minimum absolute atomic E-state index is 0.267. The summed E-state index contributed by atoms with van der Waals surface area (Å²) in [6, 6.07) is 13.1. The molecule has 0 aromatic heterocycles. The first-order valence-electron chi connectivity index (χ1n) is 9.79. The maximum Gasteiger partial charge on any atom is 0.244 e. The van der Waals surface area contributed by atoms with Gasteiger partial charge in [0.25, 0.3) is 0 Å². The molecule has 8 heteroatoms. The van der Waals surface area contributed by atoms with E-state index in [1.165, 1.54) is 7.11 Å². The Hall–Kier alpha value is -2.74. The van der Waals surface area contributed by atoms with Gasteiger partial charge in [0.05, 0.1) is 25.1 Å². The predicted molar refractivity (Wildman–Crippen MR) is 119 cm³/mol. The van der Waals surface area contributed by atoms with Gasteiger partial charge in [0.1, 0.15) is 24.1 Å². The van der Waals surface area contributed by atoms with Gasteiger partial charge in [0.2, 0.25) is 15.9 Å². The Labute approximate surface area is 179 Å². The van der Waals surface area contributed by atoms with Gasteiger partial charge in [-0.1, -0.05) is 30.7 Å². The van der Waals surface area contributed by atoms with Gasteiger partial charge in [-0.25, -0.2) is 8.42 Å². The fourth-order valence-corrected chi connectivity index (χ4v) is 4.25. The number of nitrogens with zero attached hydrogens (tertiary/aromatic N) is 1. The molecular formula is C22H30N2O5S. The number of methoxy groups -OCH3 is 1. The van der Waals surface area contributed by atoms with Crippen molar-refractivity contribution in [3.63, 3.8) is 0 Å². The molecule has 0 unspecified atom stereocenters. The number of carbonyl (C=O) groups excluding carboxylic acids is 1. The Balaban J connectivity index is 2.13. The number of benzene rings is 2. The zero-order valence-corrected chi connectivity index (χ0v) is 18.9. The highest BCUT2D eigenvalue weighted by atomic mass is 32.2. The van der Waals surface area contributed by atoms with Crippen LogP contribution in [0.3, 0.4) is 0 Å². The summed E-state index contributed by atoms with van der Waals surface area (Å²) in [5.74, 6) is 0.838. The number of amides is 1. The highest BCUT2D eigenvalue weighted by molar-refractivity contribution is 7.92. The van der Waals surface area contributed by atoms with Crippen LogP contribution in [0.1, 0.15) is 25.8 Å². The van der Waals surface area contributed by atoms with E-state index in [0.29, 0.717) is 23.6 Å². The van der Waals surface area contributed by atoms with Crippen molar-refractivity contribution in [3.8, 4) is 11.5 Å². The summed E-state index contributed by atoms with van der Waals surface area (Å²) in [4.78, 5) is 13.0. The molecule has 0 radical (unpaired) electrons. The average Bonchev–Trinajstić information content (AvgIpc) is 2.70. The molecule has 2 aromatic carbocycles.